The second-order valence-electron chi connectivity index (χ2n) is 9.54. The van der Waals surface area contributed by atoms with E-state index in [2.05, 4.69) is 27.7 Å². The molecular weight excluding hydrogens is 435 g/mol. The lowest BCUT2D eigenvalue weighted by Crippen LogP contribution is -3.00. The maximum absolute atomic E-state index is 2.41. The van der Waals surface area contributed by atoms with Crippen molar-refractivity contribution in [3.8, 4) is 0 Å². The minimum atomic E-state index is -0.584. The Morgan fingerprint density at radius 1 is 0.310 bits per heavy atom. The van der Waals surface area contributed by atoms with Gasteiger partial charge in [0.15, 0.2) is 0 Å². The molecule has 0 amide bonds. The number of hydrogen-bond acceptors (Lipinski definition) is 0. The molecule has 29 heavy (non-hydrogen) atoms. The van der Waals surface area contributed by atoms with E-state index in [0.29, 0.717) is 0 Å². The van der Waals surface area contributed by atoms with E-state index in [1.54, 1.807) is 24.6 Å². The van der Waals surface area contributed by atoms with E-state index in [0.717, 1.165) is 0 Å². The lowest BCUT2D eigenvalue weighted by atomic mass is 10.0. The number of halogens is 1. The minimum Gasteiger partial charge on any atom is -1.00 e. The van der Waals surface area contributed by atoms with E-state index in [9.17, 15) is 0 Å². The van der Waals surface area contributed by atoms with Gasteiger partial charge in [-0.2, -0.15) is 0 Å². The van der Waals surface area contributed by atoms with Crippen molar-refractivity contribution in [3.05, 3.63) is 0 Å². The van der Waals surface area contributed by atoms with Crippen LogP contribution in [0.25, 0.3) is 0 Å². The molecule has 0 aliphatic rings. The Morgan fingerprint density at radius 3 is 0.862 bits per heavy atom. The summed E-state index contributed by atoms with van der Waals surface area (Å²) < 4.78 is 0. The lowest BCUT2D eigenvalue weighted by Gasteiger charge is -2.27. The third-order valence-corrected chi connectivity index (χ3v) is 12.0. The Bertz CT molecular complexity index is 275. The Labute approximate surface area is 198 Å². The fourth-order valence-electron chi connectivity index (χ4n) is 5.09. The Morgan fingerprint density at radius 2 is 0.586 bits per heavy atom. The summed E-state index contributed by atoms with van der Waals surface area (Å²) in [5.41, 5.74) is 0. The topological polar surface area (TPSA) is 0 Å². The van der Waals surface area contributed by atoms with Crippen molar-refractivity contribution in [2.75, 3.05) is 24.6 Å². The molecule has 0 spiro atoms. The molecule has 0 radical (unpaired) electrons. The molecule has 0 heterocycles. The van der Waals surface area contributed by atoms with Gasteiger partial charge in [-0.05, 0) is 32.1 Å². The Kier molecular flexibility index (Phi) is 27.9. The number of unbranched alkanes of at least 4 members (excludes halogenated alkanes) is 15. The highest BCUT2D eigenvalue weighted by Crippen LogP contribution is 2.60. The van der Waals surface area contributed by atoms with Crippen LogP contribution in [0.5, 0.6) is 0 Å². The van der Waals surface area contributed by atoms with Crippen LogP contribution in [0.4, 0.5) is 0 Å². The molecule has 2 heteroatoms. The zero-order valence-corrected chi connectivity index (χ0v) is 23.6. The molecular formula is C27H58BrP. The van der Waals surface area contributed by atoms with Crippen LogP contribution in [0.2, 0.25) is 0 Å². The normalized spacial score (nSPS) is 11.6. The highest BCUT2D eigenvalue weighted by Gasteiger charge is 2.33. The van der Waals surface area contributed by atoms with Crippen molar-refractivity contribution < 1.29 is 17.0 Å². The van der Waals surface area contributed by atoms with Gasteiger partial charge in [-0.1, -0.05) is 118 Å². The third-order valence-electron chi connectivity index (χ3n) is 6.58. The second-order valence-corrected chi connectivity index (χ2v) is 14.0. The van der Waals surface area contributed by atoms with Gasteiger partial charge in [-0.15, -0.1) is 0 Å². The lowest BCUT2D eigenvalue weighted by molar-refractivity contribution is -0.00000648. The van der Waals surface area contributed by atoms with Gasteiger partial charge in [0.2, 0.25) is 0 Å². The van der Waals surface area contributed by atoms with Gasteiger partial charge in [0, 0.05) is 7.26 Å². The van der Waals surface area contributed by atoms with E-state index in [-0.39, 0.29) is 17.0 Å². The van der Waals surface area contributed by atoms with E-state index >= 15 is 0 Å². The van der Waals surface area contributed by atoms with Crippen molar-refractivity contribution in [2.45, 2.75) is 150 Å². The summed E-state index contributed by atoms with van der Waals surface area (Å²) in [4.78, 5) is 0. The molecule has 0 aromatic carbocycles. The third kappa shape index (κ3) is 20.6. The first kappa shape index (κ1) is 32.1. The summed E-state index contributed by atoms with van der Waals surface area (Å²) in [5.74, 6) is 0. The summed E-state index contributed by atoms with van der Waals surface area (Å²) >= 11 is 0. The smallest absolute Gasteiger partial charge is 0.0594 e. The summed E-state index contributed by atoms with van der Waals surface area (Å²) in [5, 5.41) is 0. The van der Waals surface area contributed by atoms with Gasteiger partial charge in [0.1, 0.15) is 0 Å². The molecule has 0 fully saturated rings. The van der Waals surface area contributed by atoms with Crippen molar-refractivity contribution in [1.29, 1.82) is 0 Å². The molecule has 0 bridgehead atoms. The molecule has 0 aliphatic heterocycles. The molecule has 0 nitrogen and oxygen atoms in total. The van der Waals surface area contributed by atoms with Gasteiger partial charge in [-0.25, -0.2) is 0 Å². The first-order valence-corrected chi connectivity index (χ1v) is 16.1. The van der Waals surface area contributed by atoms with Crippen LogP contribution in [0.3, 0.4) is 0 Å². The van der Waals surface area contributed by atoms with Crippen LogP contribution in [0.15, 0.2) is 0 Å². The summed E-state index contributed by atoms with van der Waals surface area (Å²) in [7, 11) is -0.584. The summed E-state index contributed by atoms with van der Waals surface area (Å²) in [6.45, 7) is 9.54. The van der Waals surface area contributed by atoms with Crippen LogP contribution >= 0.6 is 7.26 Å². The van der Waals surface area contributed by atoms with Gasteiger partial charge >= 0.3 is 0 Å². The molecule has 0 unspecified atom stereocenters. The van der Waals surface area contributed by atoms with Crippen LogP contribution in [0.1, 0.15) is 150 Å². The van der Waals surface area contributed by atoms with Gasteiger partial charge in [0.25, 0.3) is 0 Å². The second kappa shape index (κ2) is 25.2. The SMILES string of the molecule is CCCCCCCCCCCCCCCCCC[P+](CCC)(CCC)CCC.[Br-]. The maximum atomic E-state index is 2.41. The molecule has 0 saturated heterocycles. The summed E-state index contributed by atoms with van der Waals surface area (Å²) in [6.07, 6.45) is 34.4. The van der Waals surface area contributed by atoms with Gasteiger partial charge in [-0.3, -0.25) is 0 Å². The van der Waals surface area contributed by atoms with Crippen molar-refractivity contribution in [1.82, 2.24) is 0 Å². The molecule has 0 aliphatic carbocycles. The molecule has 0 aromatic heterocycles. The standard InChI is InChI=1S/C27H58P.BrH/c1-5-9-10-11-12-13-14-15-16-17-18-19-20-21-22-23-27-28(24-6-2,25-7-3)26-8-4;/h5-27H2,1-4H3;1H/q+1;/p-1. The highest BCUT2D eigenvalue weighted by atomic mass is 79.9. The Hall–Kier alpha value is 0.910. The average Bonchev–Trinajstić information content (AvgIpc) is 2.68. The van der Waals surface area contributed by atoms with Crippen LogP contribution in [-0.2, 0) is 0 Å². The first-order chi connectivity index (χ1) is 13.7. The van der Waals surface area contributed by atoms with E-state index in [1.165, 1.54) is 122 Å². The largest absolute Gasteiger partial charge is 1.00 e. The quantitative estimate of drug-likeness (QED) is 0.102. The predicted octanol–water partition coefficient (Wildman–Crippen LogP) is 7.50. The van der Waals surface area contributed by atoms with E-state index in [4.69, 9.17) is 0 Å². The first-order valence-electron chi connectivity index (χ1n) is 13.6. The van der Waals surface area contributed by atoms with E-state index in [1.807, 2.05) is 0 Å². The van der Waals surface area contributed by atoms with Crippen LogP contribution in [-0.4, -0.2) is 24.6 Å². The molecule has 178 valence electrons. The van der Waals surface area contributed by atoms with Crippen molar-refractivity contribution in [3.63, 3.8) is 0 Å². The average molecular weight is 494 g/mol. The van der Waals surface area contributed by atoms with Gasteiger partial charge < -0.3 is 17.0 Å². The van der Waals surface area contributed by atoms with Gasteiger partial charge in [0.05, 0.1) is 24.6 Å². The Balaban J connectivity index is 0. The van der Waals surface area contributed by atoms with Crippen LogP contribution in [0, 0.1) is 0 Å². The molecule has 0 atom stereocenters. The zero-order chi connectivity index (χ0) is 20.8. The predicted molar refractivity (Wildman–Crippen MR) is 137 cm³/mol. The molecule has 0 saturated carbocycles. The molecule has 0 rings (SSSR count). The highest BCUT2D eigenvalue weighted by molar-refractivity contribution is 7.75. The fourth-order valence-corrected chi connectivity index (χ4v) is 10.2. The molecule has 0 N–H and O–H groups in total. The van der Waals surface area contributed by atoms with Crippen molar-refractivity contribution >= 4 is 7.26 Å². The number of rotatable bonds is 23. The maximum Gasteiger partial charge on any atom is 0.0594 e. The molecule has 0 aromatic rings. The van der Waals surface area contributed by atoms with Crippen molar-refractivity contribution in [2.24, 2.45) is 0 Å². The van der Waals surface area contributed by atoms with E-state index < -0.39 is 7.26 Å². The zero-order valence-electron chi connectivity index (χ0n) is 21.1. The monoisotopic (exact) mass is 492 g/mol. The minimum absolute atomic E-state index is 0. The van der Waals surface area contributed by atoms with Crippen LogP contribution < -0.4 is 17.0 Å². The summed E-state index contributed by atoms with van der Waals surface area (Å²) in [6, 6.07) is 0. The fraction of sp³-hybridized carbons (Fsp3) is 1.00. The number of hydrogen-bond donors (Lipinski definition) is 0.